The topological polar surface area (TPSA) is 91.6 Å². The first-order chi connectivity index (χ1) is 25.7. The van der Waals surface area contributed by atoms with Gasteiger partial charge in [-0.05, 0) is 74.7 Å². The third-order valence-electron chi connectivity index (χ3n) is 9.13. The fourth-order valence-electron chi connectivity index (χ4n) is 6.56. The standard InChI is InChI=1S/C42H50FN2O7P/c1-30(2)45(31(3)4)53(51-26-12-25-44)52-41-39(48-27-32-13-10-11-16-38(32)43)28-49-40(41)29-50-42(33-14-8-7-9-15-33,34-17-21-36(46-5)22-18-34)35-19-23-37(47-6)24-20-35/h7-11,13-24,30-31,39-41H,12,26-29H2,1-6H3/t39-,40+,41-,53?/m0/s1. The molecule has 0 radical (unpaired) electrons. The highest BCUT2D eigenvalue weighted by Crippen LogP contribution is 2.50. The molecule has 0 amide bonds. The quantitative estimate of drug-likeness (QED) is 0.0531. The molecule has 1 aliphatic rings. The number of benzene rings is 4. The Balaban J connectivity index is 1.54. The molecule has 1 saturated heterocycles. The summed E-state index contributed by atoms with van der Waals surface area (Å²) in [5.74, 6) is 1.10. The summed E-state index contributed by atoms with van der Waals surface area (Å²) in [4.78, 5) is 0. The normalized spacial score (nSPS) is 18.0. The number of rotatable bonds is 19. The van der Waals surface area contributed by atoms with Crippen molar-refractivity contribution in [1.82, 2.24) is 4.67 Å². The van der Waals surface area contributed by atoms with Gasteiger partial charge in [0.1, 0.15) is 41.2 Å². The van der Waals surface area contributed by atoms with E-state index in [9.17, 15) is 9.65 Å². The van der Waals surface area contributed by atoms with Crippen molar-refractivity contribution >= 4 is 8.53 Å². The summed E-state index contributed by atoms with van der Waals surface area (Å²) in [6, 6.07) is 34.6. The van der Waals surface area contributed by atoms with Gasteiger partial charge in [0.2, 0.25) is 0 Å². The minimum absolute atomic E-state index is 0.0328. The van der Waals surface area contributed by atoms with E-state index < -0.39 is 32.4 Å². The van der Waals surface area contributed by atoms with Crippen molar-refractivity contribution in [2.45, 2.75) is 76.7 Å². The zero-order valence-corrected chi connectivity index (χ0v) is 32.2. The number of methoxy groups -OCH3 is 2. The second-order valence-electron chi connectivity index (χ2n) is 13.2. The number of hydrogen-bond acceptors (Lipinski definition) is 9. The first-order valence-corrected chi connectivity index (χ1v) is 19.0. The van der Waals surface area contributed by atoms with Gasteiger partial charge in [0, 0.05) is 17.6 Å². The number of nitrogens with zero attached hydrogens (tertiary/aromatic N) is 2. The lowest BCUT2D eigenvalue weighted by Crippen LogP contribution is -2.42. The molecule has 53 heavy (non-hydrogen) atoms. The summed E-state index contributed by atoms with van der Waals surface area (Å²) in [5.41, 5.74) is 2.02. The first-order valence-electron chi connectivity index (χ1n) is 17.9. The molecule has 11 heteroatoms. The summed E-state index contributed by atoms with van der Waals surface area (Å²) >= 11 is 0. The molecule has 282 valence electrons. The van der Waals surface area contributed by atoms with Crippen LogP contribution in [-0.4, -0.2) is 69.1 Å². The summed E-state index contributed by atoms with van der Waals surface area (Å²) in [7, 11) is 1.61. The maximum Gasteiger partial charge on any atom is 0.259 e. The lowest BCUT2D eigenvalue weighted by atomic mass is 9.80. The largest absolute Gasteiger partial charge is 0.497 e. The van der Waals surface area contributed by atoms with Crippen LogP contribution < -0.4 is 9.47 Å². The van der Waals surface area contributed by atoms with Gasteiger partial charge in [-0.2, -0.15) is 5.26 Å². The van der Waals surface area contributed by atoms with Crippen LogP contribution in [0.5, 0.6) is 11.5 Å². The van der Waals surface area contributed by atoms with E-state index >= 15 is 0 Å². The fraction of sp³-hybridized carbons (Fsp3) is 0.405. The number of halogens is 1. The molecule has 0 bridgehead atoms. The van der Waals surface area contributed by atoms with Gasteiger partial charge in [-0.15, -0.1) is 0 Å². The maximum absolute atomic E-state index is 14.7. The van der Waals surface area contributed by atoms with Crippen LogP contribution in [0.4, 0.5) is 4.39 Å². The molecule has 9 nitrogen and oxygen atoms in total. The Morgan fingerprint density at radius 1 is 0.830 bits per heavy atom. The van der Waals surface area contributed by atoms with Crippen LogP contribution in [0.15, 0.2) is 103 Å². The van der Waals surface area contributed by atoms with Crippen molar-refractivity contribution in [3.8, 4) is 17.6 Å². The predicted octanol–water partition coefficient (Wildman–Crippen LogP) is 8.80. The van der Waals surface area contributed by atoms with Crippen molar-refractivity contribution in [3.63, 3.8) is 0 Å². The van der Waals surface area contributed by atoms with Crippen LogP contribution >= 0.6 is 8.53 Å². The van der Waals surface area contributed by atoms with E-state index in [0.29, 0.717) is 5.56 Å². The Labute approximate surface area is 314 Å². The summed E-state index contributed by atoms with van der Waals surface area (Å²) in [6.45, 7) is 8.88. The highest BCUT2D eigenvalue weighted by Gasteiger charge is 2.46. The third kappa shape index (κ3) is 9.80. The highest BCUT2D eigenvalue weighted by atomic mass is 31.2. The molecular weight excluding hydrogens is 694 g/mol. The second kappa shape index (κ2) is 19.4. The van der Waals surface area contributed by atoms with E-state index in [4.69, 9.17) is 32.7 Å². The molecule has 0 spiro atoms. The van der Waals surface area contributed by atoms with Gasteiger partial charge >= 0.3 is 0 Å². The average molecular weight is 745 g/mol. The summed E-state index contributed by atoms with van der Waals surface area (Å²) in [6.07, 6.45) is -1.61. The van der Waals surface area contributed by atoms with Crippen molar-refractivity contribution in [3.05, 3.63) is 131 Å². The SMILES string of the molecule is COc1ccc(C(OC[C@H]2OC[C@H](OCc3ccccc3F)[C@@H]2OP(OCCC#N)N(C(C)C)C(C)C)(c2ccccc2)c2ccc(OC)cc2)cc1. The molecule has 5 rings (SSSR count). The third-order valence-corrected chi connectivity index (χ3v) is 11.3. The lowest BCUT2D eigenvalue weighted by molar-refractivity contribution is -0.0726. The Kier molecular flexibility index (Phi) is 14.8. The molecule has 1 aliphatic heterocycles. The molecule has 1 unspecified atom stereocenters. The van der Waals surface area contributed by atoms with Gasteiger partial charge in [-0.25, -0.2) is 9.06 Å². The van der Waals surface area contributed by atoms with Gasteiger partial charge in [0.05, 0.1) is 53.1 Å². The highest BCUT2D eigenvalue weighted by molar-refractivity contribution is 7.44. The van der Waals surface area contributed by atoms with Crippen LogP contribution in [0, 0.1) is 17.1 Å². The van der Waals surface area contributed by atoms with Crippen LogP contribution in [-0.2, 0) is 35.5 Å². The monoisotopic (exact) mass is 744 g/mol. The van der Waals surface area contributed by atoms with Gasteiger partial charge in [-0.3, -0.25) is 0 Å². The van der Waals surface area contributed by atoms with Gasteiger partial charge in [0.25, 0.3) is 8.53 Å². The first kappa shape index (κ1) is 40.3. The van der Waals surface area contributed by atoms with E-state index in [1.165, 1.54) is 6.07 Å². The van der Waals surface area contributed by atoms with E-state index in [1.54, 1.807) is 32.4 Å². The van der Waals surface area contributed by atoms with E-state index in [2.05, 4.69) is 38.4 Å². The molecule has 1 fully saturated rings. The summed E-state index contributed by atoms with van der Waals surface area (Å²) in [5, 5.41) is 9.31. The lowest BCUT2D eigenvalue weighted by Gasteiger charge is -2.39. The van der Waals surface area contributed by atoms with E-state index in [1.807, 2.05) is 78.9 Å². The minimum Gasteiger partial charge on any atom is -0.497 e. The molecule has 4 aromatic rings. The van der Waals surface area contributed by atoms with Gasteiger partial charge < -0.3 is 32.7 Å². The molecule has 4 aromatic carbocycles. The fourth-order valence-corrected chi connectivity index (χ4v) is 8.35. The Morgan fingerprint density at radius 3 is 1.94 bits per heavy atom. The van der Waals surface area contributed by atoms with Gasteiger partial charge in [0.15, 0.2) is 0 Å². The molecule has 1 heterocycles. The average Bonchev–Trinajstić information content (AvgIpc) is 3.56. The molecule has 4 atom stereocenters. The maximum atomic E-state index is 14.7. The molecule has 0 aromatic heterocycles. The number of ether oxygens (including phenoxy) is 5. The summed E-state index contributed by atoms with van der Waals surface area (Å²) < 4.78 is 61.2. The zero-order chi connectivity index (χ0) is 37.8. The van der Waals surface area contributed by atoms with E-state index in [-0.39, 0.29) is 50.7 Å². The van der Waals surface area contributed by atoms with Crippen LogP contribution in [0.2, 0.25) is 0 Å². The van der Waals surface area contributed by atoms with Crippen LogP contribution in [0.3, 0.4) is 0 Å². The molecule has 0 aliphatic carbocycles. The predicted molar refractivity (Wildman–Crippen MR) is 203 cm³/mol. The van der Waals surface area contributed by atoms with Crippen LogP contribution in [0.25, 0.3) is 0 Å². The van der Waals surface area contributed by atoms with Crippen molar-refractivity contribution in [2.75, 3.05) is 34.0 Å². The Bertz CT molecular complexity index is 1680. The number of nitriles is 1. The number of hydrogen-bond donors (Lipinski definition) is 0. The molecule has 0 N–H and O–H groups in total. The smallest absolute Gasteiger partial charge is 0.259 e. The van der Waals surface area contributed by atoms with E-state index in [0.717, 1.165) is 28.2 Å². The van der Waals surface area contributed by atoms with Crippen molar-refractivity contribution in [2.24, 2.45) is 0 Å². The zero-order valence-electron chi connectivity index (χ0n) is 31.3. The van der Waals surface area contributed by atoms with Crippen molar-refractivity contribution < 1.29 is 37.1 Å². The molecular formula is C42H50FN2O7P. The minimum atomic E-state index is -1.67. The van der Waals surface area contributed by atoms with Gasteiger partial charge in [-0.1, -0.05) is 72.8 Å². The van der Waals surface area contributed by atoms with Crippen molar-refractivity contribution in [1.29, 1.82) is 5.26 Å². The van der Waals surface area contributed by atoms with Crippen LogP contribution in [0.1, 0.15) is 56.4 Å². The Hall–Kier alpha value is -3.91. The Morgan fingerprint density at radius 2 is 1.40 bits per heavy atom. The molecule has 0 saturated carbocycles. The second-order valence-corrected chi connectivity index (χ2v) is 14.7.